The van der Waals surface area contributed by atoms with Crippen molar-refractivity contribution in [3.8, 4) is 11.4 Å². The lowest BCUT2D eigenvalue weighted by Gasteiger charge is -2.41. The number of carbonyl (C=O) groups is 2. The maximum absolute atomic E-state index is 13.7. The zero-order valence-electron chi connectivity index (χ0n) is 22.9. The summed E-state index contributed by atoms with van der Waals surface area (Å²) in [4.78, 5) is 38.5. The Kier molecular flexibility index (Phi) is 6.66. The highest BCUT2D eigenvalue weighted by Gasteiger charge is 2.61. The smallest absolute Gasteiger partial charge is 0.256 e. The molecule has 4 atom stereocenters. The summed E-state index contributed by atoms with van der Waals surface area (Å²) in [6.45, 7) is 4.28. The molecule has 2 aromatic carbocycles. The van der Waals surface area contributed by atoms with Gasteiger partial charge in [-0.2, -0.15) is 0 Å². The number of benzene rings is 2. The minimum Gasteiger partial charge on any atom is -0.390 e. The van der Waals surface area contributed by atoms with E-state index in [0.717, 1.165) is 48.0 Å². The average Bonchev–Trinajstić information content (AvgIpc) is 3.49. The molecule has 2 aromatic heterocycles. The summed E-state index contributed by atoms with van der Waals surface area (Å²) in [6.07, 6.45) is 6.42. The van der Waals surface area contributed by atoms with Gasteiger partial charge in [-0.25, -0.2) is 9.97 Å². The number of hydrogen-bond acceptors (Lipinski definition) is 5. The van der Waals surface area contributed by atoms with Gasteiger partial charge in [-0.1, -0.05) is 32.8 Å². The van der Waals surface area contributed by atoms with E-state index in [1.807, 2.05) is 36.4 Å². The van der Waals surface area contributed by atoms with Crippen LogP contribution in [0.5, 0.6) is 0 Å². The van der Waals surface area contributed by atoms with Crippen molar-refractivity contribution < 1.29 is 14.7 Å². The standard InChI is InChI=1S/C32H35N5O3/c1-3-20-16-31(40)18-23(4-2)32(17-20,19-31)30(39)34-24-11-8-21(9-12-24)28-35-25-13-10-22(15-26(25)36-28)29(38)37-27-7-5-6-14-33-27/h5-15,20,23,40H,3-4,16-19H2,1-2H3,(H,34,39)(H,35,36)(H,33,37,38)/t20-,23?,31-,32?/m1/s1. The van der Waals surface area contributed by atoms with Crippen molar-refractivity contribution in [1.29, 1.82) is 0 Å². The summed E-state index contributed by atoms with van der Waals surface area (Å²) in [6, 6.07) is 18.3. The molecular formula is C32H35N5O3. The second-order valence-electron chi connectivity index (χ2n) is 11.6. The second-order valence-corrected chi connectivity index (χ2v) is 11.6. The first-order chi connectivity index (χ1) is 19.3. The van der Waals surface area contributed by atoms with Gasteiger partial charge in [0.05, 0.1) is 22.0 Å². The maximum Gasteiger partial charge on any atom is 0.256 e. The Labute approximate surface area is 233 Å². The van der Waals surface area contributed by atoms with E-state index >= 15 is 0 Å². The van der Waals surface area contributed by atoms with Crippen molar-refractivity contribution in [2.75, 3.05) is 10.6 Å². The van der Waals surface area contributed by atoms with E-state index in [2.05, 4.69) is 34.4 Å². The van der Waals surface area contributed by atoms with Gasteiger partial charge >= 0.3 is 0 Å². The van der Waals surface area contributed by atoms with E-state index in [-0.39, 0.29) is 17.7 Å². The number of imidazole rings is 1. The number of anilines is 2. The zero-order chi connectivity index (χ0) is 27.9. The van der Waals surface area contributed by atoms with Crippen LogP contribution in [-0.4, -0.2) is 37.5 Å². The molecule has 4 aromatic rings. The van der Waals surface area contributed by atoms with Gasteiger partial charge in [0.1, 0.15) is 11.6 Å². The Morgan fingerprint density at radius 2 is 1.82 bits per heavy atom. The van der Waals surface area contributed by atoms with Crippen LogP contribution in [-0.2, 0) is 4.79 Å². The number of hydrogen-bond donors (Lipinski definition) is 4. The average molecular weight is 538 g/mol. The first-order valence-corrected chi connectivity index (χ1v) is 14.2. The van der Waals surface area contributed by atoms with Gasteiger partial charge in [0, 0.05) is 23.0 Å². The lowest BCUT2D eigenvalue weighted by molar-refractivity contribution is -0.132. The van der Waals surface area contributed by atoms with Crippen LogP contribution in [0, 0.1) is 17.3 Å². The van der Waals surface area contributed by atoms with Crippen LogP contribution >= 0.6 is 0 Å². The van der Waals surface area contributed by atoms with Crippen LogP contribution in [0.4, 0.5) is 11.5 Å². The first kappa shape index (κ1) is 26.2. The number of fused-ring (bicyclic) bond motifs is 3. The minimum absolute atomic E-state index is 0.0291. The minimum atomic E-state index is -0.721. The Morgan fingerprint density at radius 1 is 1.00 bits per heavy atom. The van der Waals surface area contributed by atoms with Crippen LogP contribution in [0.15, 0.2) is 66.9 Å². The van der Waals surface area contributed by atoms with Crippen LogP contribution in [0.1, 0.15) is 62.7 Å². The highest BCUT2D eigenvalue weighted by atomic mass is 16.3. The van der Waals surface area contributed by atoms with Gasteiger partial charge in [-0.15, -0.1) is 0 Å². The molecule has 4 N–H and O–H groups in total. The second kappa shape index (κ2) is 10.2. The van der Waals surface area contributed by atoms with Crippen molar-refractivity contribution in [2.24, 2.45) is 17.3 Å². The number of carbonyl (C=O) groups excluding carboxylic acids is 2. The molecule has 40 heavy (non-hydrogen) atoms. The highest BCUT2D eigenvalue weighted by molar-refractivity contribution is 6.05. The van der Waals surface area contributed by atoms with Gasteiger partial charge < -0.3 is 20.7 Å². The molecule has 0 saturated heterocycles. The molecule has 8 nitrogen and oxygen atoms in total. The molecule has 2 aliphatic carbocycles. The molecule has 0 radical (unpaired) electrons. The first-order valence-electron chi connectivity index (χ1n) is 14.2. The maximum atomic E-state index is 13.7. The Morgan fingerprint density at radius 3 is 2.55 bits per heavy atom. The fourth-order valence-corrected chi connectivity index (χ4v) is 7.04. The van der Waals surface area contributed by atoms with Crippen molar-refractivity contribution in [3.63, 3.8) is 0 Å². The van der Waals surface area contributed by atoms with E-state index in [1.54, 1.807) is 30.5 Å². The molecule has 206 valence electrons. The Balaban J connectivity index is 1.18. The van der Waals surface area contributed by atoms with E-state index in [1.165, 1.54) is 0 Å². The largest absolute Gasteiger partial charge is 0.390 e. The van der Waals surface area contributed by atoms with Gasteiger partial charge in [-0.3, -0.25) is 9.59 Å². The predicted octanol–water partition coefficient (Wildman–Crippen LogP) is 6.17. The van der Waals surface area contributed by atoms with Crippen molar-refractivity contribution in [1.82, 2.24) is 15.0 Å². The number of rotatable bonds is 7. The Hall–Kier alpha value is -4.04. The topological polar surface area (TPSA) is 120 Å². The summed E-state index contributed by atoms with van der Waals surface area (Å²) in [7, 11) is 0. The fourth-order valence-electron chi connectivity index (χ4n) is 7.04. The number of nitrogens with zero attached hydrogens (tertiary/aromatic N) is 2. The van der Waals surface area contributed by atoms with E-state index in [4.69, 9.17) is 4.98 Å². The molecule has 8 heteroatoms. The number of pyridine rings is 1. The zero-order valence-corrected chi connectivity index (χ0v) is 22.9. The van der Waals surface area contributed by atoms with E-state index < -0.39 is 11.0 Å². The third-order valence-corrected chi connectivity index (χ3v) is 8.96. The molecule has 2 bridgehead atoms. The fraction of sp³-hybridized carbons (Fsp3) is 0.375. The number of aliphatic hydroxyl groups is 1. The van der Waals surface area contributed by atoms with Crippen LogP contribution in [0.25, 0.3) is 22.4 Å². The van der Waals surface area contributed by atoms with Crippen molar-refractivity contribution in [3.05, 3.63) is 72.4 Å². The number of amides is 2. The molecular weight excluding hydrogens is 502 g/mol. The summed E-state index contributed by atoms with van der Waals surface area (Å²) >= 11 is 0. The molecule has 6 rings (SSSR count). The molecule has 2 amide bonds. The third-order valence-electron chi connectivity index (χ3n) is 8.96. The number of aromatic nitrogens is 3. The van der Waals surface area contributed by atoms with Gasteiger partial charge in [0.25, 0.3) is 5.91 Å². The van der Waals surface area contributed by atoms with Crippen molar-refractivity contribution in [2.45, 2.75) is 58.0 Å². The third kappa shape index (κ3) is 4.77. The van der Waals surface area contributed by atoms with Gasteiger partial charge in [0.15, 0.2) is 0 Å². The summed E-state index contributed by atoms with van der Waals surface area (Å²) in [5.74, 6) is 1.52. The molecule has 2 aliphatic rings. The van der Waals surface area contributed by atoms with Crippen LogP contribution in [0.2, 0.25) is 0 Å². The number of nitrogens with one attached hydrogen (secondary N) is 3. The summed E-state index contributed by atoms with van der Waals surface area (Å²) in [5, 5.41) is 17.2. The molecule has 2 saturated carbocycles. The number of H-pyrrole nitrogens is 1. The normalized spacial score (nSPS) is 25.6. The molecule has 0 aliphatic heterocycles. The number of aromatic amines is 1. The van der Waals surface area contributed by atoms with Crippen molar-refractivity contribution >= 4 is 34.4 Å². The summed E-state index contributed by atoms with van der Waals surface area (Å²) in [5.41, 5.74) is 2.38. The quantitative estimate of drug-likeness (QED) is 0.225. The lowest BCUT2D eigenvalue weighted by atomic mass is 9.65. The lowest BCUT2D eigenvalue weighted by Crippen LogP contribution is -2.45. The Bertz CT molecular complexity index is 1550. The van der Waals surface area contributed by atoms with Crippen LogP contribution < -0.4 is 10.6 Å². The molecule has 2 unspecified atom stereocenters. The van der Waals surface area contributed by atoms with E-state index in [0.29, 0.717) is 36.0 Å². The SMILES string of the molecule is CCC1C[C@]2(O)C[C@@H](CC)CC1(C(=O)Nc1ccc(-c3nc4ccc(C(=O)Nc5ccccn5)cc4[nH]3)cc1)C2. The summed E-state index contributed by atoms with van der Waals surface area (Å²) < 4.78 is 0. The highest BCUT2D eigenvalue weighted by Crippen LogP contribution is 2.60. The predicted molar refractivity (Wildman–Crippen MR) is 156 cm³/mol. The molecule has 2 heterocycles. The monoisotopic (exact) mass is 537 g/mol. The van der Waals surface area contributed by atoms with Gasteiger partial charge in [0.2, 0.25) is 5.91 Å². The van der Waals surface area contributed by atoms with E-state index in [9.17, 15) is 14.7 Å². The van der Waals surface area contributed by atoms with Crippen LogP contribution in [0.3, 0.4) is 0 Å². The molecule has 0 spiro atoms. The molecule has 2 fully saturated rings. The van der Waals surface area contributed by atoms with Gasteiger partial charge in [-0.05, 0) is 92.1 Å².